The molecule has 0 bridgehead atoms. The molecule has 5 nitrogen and oxygen atoms in total. The second kappa shape index (κ2) is 6.07. The molecule has 1 heterocycles. The van der Waals surface area contributed by atoms with E-state index in [9.17, 15) is 9.59 Å². The van der Waals surface area contributed by atoms with Crippen molar-refractivity contribution in [3.8, 4) is 0 Å². The largest absolute Gasteiger partial charge is 0.481 e. The number of amides is 2. The van der Waals surface area contributed by atoms with Gasteiger partial charge in [0, 0.05) is 19.6 Å². The lowest BCUT2D eigenvalue weighted by Crippen LogP contribution is -2.39. The molecule has 0 radical (unpaired) electrons. The Bertz CT molecular complexity index is 315. The van der Waals surface area contributed by atoms with Gasteiger partial charge in [0.05, 0.1) is 5.92 Å². The highest BCUT2D eigenvalue weighted by Crippen LogP contribution is 2.28. The minimum absolute atomic E-state index is 0.0245. The molecule has 1 rings (SSSR count). The quantitative estimate of drug-likeness (QED) is 0.738. The Morgan fingerprint density at radius 1 is 1.44 bits per heavy atom. The van der Waals surface area contributed by atoms with Gasteiger partial charge in [-0.05, 0) is 24.7 Å². The maximum Gasteiger partial charge on any atom is 0.317 e. The summed E-state index contributed by atoms with van der Waals surface area (Å²) in [5, 5.41) is 11.6. The number of nitrogens with zero attached hydrogens (tertiary/aromatic N) is 1. The van der Waals surface area contributed by atoms with Gasteiger partial charge < -0.3 is 15.3 Å². The fourth-order valence-electron chi connectivity index (χ4n) is 2.12. The SMILES string of the molecule is CC(CCCNC(=O)N1CCC(C)(C)C1)C(=O)O. The highest BCUT2D eigenvalue weighted by Gasteiger charge is 2.31. The van der Waals surface area contributed by atoms with E-state index in [2.05, 4.69) is 19.2 Å². The lowest BCUT2D eigenvalue weighted by molar-refractivity contribution is -0.141. The van der Waals surface area contributed by atoms with Crippen molar-refractivity contribution in [1.29, 1.82) is 0 Å². The predicted molar refractivity (Wildman–Crippen MR) is 69.4 cm³/mol. The summed E-state index contributed by atoms with van der Waals surface area (Å²) in [5.74, 6) is -1.12. The van der Waals surface area contributed by atoms with Crippen molar-refractivity contribution in [2.45, 2.75) is 40.0 Å². The molecule has 1 saturated heterocycles. The average Bonchev–Trinajstić information content (AvgIpc) is 2.64. The second-order valence-electron chi connectivity index (χ2n) is 5.95. The molecular weight excluding hydrogens is 232 g/mol. The Hall–Kier alpha value is -1.26. The maximum absolute atomic E-state index is 11.8. The number of carboxylic acids is 1. The van der Waals surface area contributed by atoms with Gasteiger partial charge in [-0.25, -0.2) is 4.79 Å². The van der Waals surface area contributed by atoms with E-state index in [0.29, 0.717) is 19.4 Å². The third-order valence-corrected chi connectivity index (χ3v) is 3.48. The summed E-state index contributed by atoms with van der Waals surface area (Å²) in [6.45, 7) is 8.17. The van der Waals surface area contributed by atoms with Crippen molar-refractivity contribution in [3.63, 3.8) is 0 Å². The molecule has 1 aliphatic heterocycles. The van der Waals surface area contributed by atoms with Crippen LogP contribution in [0, 0.1) is 11.3 Å². The Kier molecular flexibility index (Phi) is 4.99. The van der Waals surface area contributed by atoms with Gasteiger partial charge in [0.25, 0.3) is 0 Å². The fraction of sp³-hybridized carbons (Fsp3) is 0.846. The number of carboxylic acid groups (broad SMARTS) is 1. The van der Waals surface area contributed by atoms with E-state index >= 15 is 0 Å². The molecule has 2 amide bonds. The maximum atomic E-state index is 11.8. The van der Waals surface area contributed by atoms with E-state index < -0.39 is 5.97 Å². The Balaban J connectivity index is 2.17. The summed E-state index contributed by atoms with van der Waals surface area (Å²) < 4.78 is 0. The number of hydrogen-bond acceptors (Lipinski definition) is 2. The molecule has 0 saturated carbocycles. The number of aliphatic carboxylic acids is 1. The fourth-order valence-corrected chi connectivity index (χ4v) is 2.12. The average molecular weight is 256 g/mol. The highest BCUT2D eigenvalue weighted by atomic mass is 16.4. The van der Waals surface area contributed by atoms with Crippen LogP contribution in [-0.4, -0.2) is 41.6 Å². The molecule has 104 valence electrons. The minimum Gasteiger partial charge on any atom is -0.481 e. The molecule has 1 unspecified atom stereocenters. The monoisotopic (exact) mass is 256 g/mol. The van der Waals surface area contributed by atoms with Gasteiger partial charge in [0.15, 0.2) is 0 Å². The zero-order chi connectivity index (χ0) is 13.8. The number of carbonyl (C=O) groups excluding carboxylic acids is 1. The van der Waals surface area contributed by atoms with E-state index in [4.69, 9.17) is 5.11 Å². The summed E-state index contributed by atoms with van der Waals surface area (Å²) in [6, 6.07) is -0.0245. The summed E-state index contributed by atoms with van der Waals surface area (Å²) in [7, 11) is 0. The molecule has 5 heteroatoms. The zero-order valence-electron chi connectivity index (χ0n) is 11.5. The Morgan fingerprint density at radius 3 is 2.61 bits per heavy atom. The van der Waals surface area contributed by atoms with E-state index in [-0.39, 0.29) is 17.4 Å². The van der Waals surface area contributed by atoms with Gasteiger partial charge in [-0.15, -0.1) is 0 Å². The smallest absolute Gasteiger partial charge is 0.317 e. The normalized spacial score (nSPS) is 19.6. The number of urea groups is 1. The van der Waals surface area contributed by atoms with Crippen LogP contribution in [0.4, 0.5) is 4.79 Å². The third kappa shape index (κ3) is 4.55. The van der Waals surface area contributed by atoms with Crippen molar-refractivity contribution >= 4 is 12.0 Å². The van der Waals surface area contributed by atoms with Crippen LogP contribution in [0.15, 0.2) is 0 Å². The second-order valence-corrected chi connectivity index (χ2v) is 5.95. The molecule has 1 fully saturated rings. The summed E-state index contributed by atoms with van der Waals surface area (Å²) in [4.78, 5) is 24.3. The van der Waals surface area contributed by atoms with E-state index in [1.165, 1.54) is 0 Å². The molecule has 1 aliphatic rings. The third-order valence-electron chi connectivity index (χ3n) is 3.48. The first-order valence-corrected chi connectivity index (χ1v) is 6.57. The first-order chi connectivity index (χ1) is 8.32. The van der Waals surface area contributed by atoms with Crippen LogP contribution in [0.3, 0.4) is 0 Å². The number of rotatable bonds is 5. The van der Waals surface area contributed by atoms with Crippen molar-refractivity contribution in [1.82, 2.24) is 10.2 Å². The molecule has 0 aromatic heterocycles. The summed E-state index contributed by atoms with van der Waals surface area (Å²) in [6.07, 6.45) is 2.34. The molecule has 18 heavy (non-hydrogen) atoms. The van der Waals surface area contributed by atoms with Crippen molar-refractivity contribution in [2.24, 2.45) is 11.3 Å². The van der Waals surface area contributed by atoms with Crippen LogP contribution < -0.4 is 5.32 Å². The summed E-state index contributed by atoms with van der Waals surface area (Å²) >= 11 is 0. The molecule has 2 N–H and O–H groups in total. The topological polar surface area (TPSA) is 69.6 Å². The van der Waals surface area contributed by atoms with Crippen LogP contribution in [-0.2, 0) is 4.79 Å². The summed E-state index contributed by atoms with van der Waals surface area (Å²) in [5.41, 5.74) is 0.217. The number of nitrogens with one attached hydrogen (secondary N) is 1. The Labute approximate surface area is 109 Å². The van der Waals surface area contributed by atoms with Gasteiger partial charge in [-0.1, -0.05) is 20.8 Å². The highest BCUT2D eigenvalue weighted by molar-refractivity contribution is 5.74. The standard InChI is InChI=1S/C13H24N2O3/c1-10(11(16)17)5-4-7-14-12(18)15-8-6-13(2,3)9-15/h10H,4-9H2,1-3H3,(H,14,18)(H,16,17). The van der Waals surface area contributed by atoms with Crippen LogP contribution in [0.25, 0.3) is 0 Å². The van der Waals surface area contributed by atoms with E-state index in [1.807, 2.05) is 4.90 Å². The van der Waals surface area contributed by atoms with Gasteiger partial charge >= 0.3 is 12.0 Å². The van der Waals surface area contributed by atoms with Gasteiger partial charge in [0.1, 0.15) is 0 Å². The molecule has 1 atom stereocenters. The van der Waals surface area contributed by atoms with Gasteiger partial charge in [0.2, 0.25) is 0 Å². The van der Waals surface area contributed by atoms with Crippen LogP contribution >= 0.6 is 0 Å². The van der Waals surface area contributed by atoms with Crippen molar-refractivity contribution in [2.75, 3.05) is 19.6 Å². The van der Waals surface area contributed by atoms with E-state index in [0.717, 1.165) is 19.5 Å². The molecule has 0 aliphatic carbocycles. The first kappa shape index (κ1) is 14.8. The van der Waals surface area contributed by atoms with Gasteiger partial charge in [-0.2, -0.15) is 0 Å². The predicted octanol–water partition coefficient (Wildman–Crippen LogP) is 1.93. The number of likely N-dealkylation sites (tertiary alicyclic amines) is 1. The van der Waals surface area contributed by atoms with Gasteiger partial charge in [-0.3, -0.25) is 4.79 Å². The van der Waals surface area contributed by atoms with Crippen LogP contribution in [0.2, 0.25) is 0 Å². The zero-order valence-corrected chi connectivity index (χ0v) is 11.5. The molecule has 0 aromatic rings. The van der Waals surface area contributed by atoms with Crippen LogP contribution in [0.1, 0.15) is 40.0 Å². The van der Waals surface area contributed by atoms with E-state index in [1.54, 1.807) is 6.92 Å². The molecular formula is C13H24N2O3. The molecule has 0 spiro atoms. The number of carbonyl (C=O) groups is 2. The molecule has 0 aromatic carbocycles. The van der Waals surface area contributed by atoms with Crippen molar-refractivity contribution in [3.05, 3.63) is 0 Å². The number of hydrogen-bond donors (Lipinski definition) is 2. The lowest BCUT2D eigenvalue weighted by atomic mass is 9.93. The Morgan fingerprint density at radius 2 is 2.11 bits per heavy atom. The first-order valence-electron chi connectivity index (χ1n) is 6.57. The lowest BCUT2D eigenvalue weighted by Gasteiger charge is -2.20. The van der Waals surface area contributed by atoms with Crippen LogP contribution in [0.5, 0.6) is 0 Å². The van der Waals surface area contributed by atoms with Crippen molar-refractivity contribution < 1.29 is 14.7 Å². The minimum atomic E-state index is -0.775.